The number of hydrogen-bond donors (Lipinski definition) is 1. The van der Waals surface area contributed by atoms with Crippen LogP contribution in [0, 0.1) is 11.3 Å². The molecule has 0 bridgehead atoms. The maximum absolute atomic E-state index is 8.90. The van der Waals surface area contributed by atoms with Gasteiger partial charge in [0, 0.05) is 31.7 Å². The van der Waals surface area contributed by atoms with Gasteiger partial charge in [-0.1, -0.05) is 12.1 Å². The second-order valence-electron chi connectivity index (χ2n) is 5.77. The van der Waals surface area contributed by atoms with E-state index in [1.54, 1.807) is 6.20 Å². The molecule has 1 aromatic carbocycles. The van der Waals surface area contributed by atoms with Gasteiger partial charge in [-0.15, -0.1) is 0 Å². The Kier molecular flexibility index (Phi) is 4.40. The van der Waals surface area contributed by atoms with E-state index in [1.807, 2.05) is 31.2 Å². The highest BCUT2D eigenvalue weighted by atomic mass is 15.3. The number of rotatable bonds is 2. The SMILES string of the molecule is C/C(=N\c1[nH]ncc1-c1ccc(C#N)cc1)N1CCN(C)CC1. The van der Waals surface area contributed by atoms with Gasteiger partial charge in [-0.3, -0.25) is 5.10 Å². The molecule has 1 aromatic heterocycles. The Hall–Kier alpha value is -2.65. The molecule has 0 amide bonds. The fourth-order valence-corrected chi connectivity index (χ4v) is 2.66. The monoisotopic (exact) mass is 308 g/mol. The van der Waals surface area contributed by atoms with Crippen molar-refractivity contribution >= 4 is 11.7 Å². The summed E-state index contributed by atoms with van der Waals surface area (Å²) in [6, 6.07) is 9.60. The summed E-state index contributed by atoms with van der Waals surface area (Å²) < 4.78 is 0. The molecular formula is C17H20N6. The number of benzene rings is 1. The van der Waals surface area contributed by atoms with Crippen molar-refractivity contribution in [2.45, 2.75) is 6.92 Å². The summed E-state index contributed by atoms with van der Waals surface area (Å²) in [6.07, 6.45) is 1.78. The maximum Gasteiger partial charge on any atom is 0.157 e. The second-order valence-corrected chi connectivity index (χ2v) is 5.77. The largest absolute Gasteiger partial charge is 0.358 e. The lowest BCUT2D eigenvalue weighted by Crippen LogP contribution is -2.46. The minimum Gasteiger partial charge on any atom is -0.358 e. The van der Waals surface area contributed by atoms with Crippen LogP contribution in [0.2, 0.25) is 0 Å². The first kappa shape index (κ1) is 15.3. The Morgan fingerprint density at radius 1 is 1.22 bits per heavy atom. The number of nitriles is 1. The Morgan fingerprint density at radius 3 is 2.57 bits per heavy atom. The second kappa shape index (κ2) is 6.63. The van der Waals surface area contributed by atoms with Gasteiger partial charge in [0.05, 0.1) is 17.8 Å². The highest BCUT2D eigenvalue weighted by Crippen LogP contribution is 2.28. The summed E-state index contributed by atoms with van der Waals surface area (Å²) in [6.45, 7) is 6.13. The molecule has 0 radical (unpaired) electrons. The van der Waals surface area contributed by atoms with Crippen LogP contribution in [0.15, 0.2) is 35.5 Å². The molecule has 1 N–H and O–H groups in total. The lowest BCUT2D eigenvalue weighted by atomic mass is 10.1. The summed E-state index contributed by atoms with van der Waals surface area (Å²) >= 11 is 0. The average molecular weight is 308 g/mol. The quantitative estimate of drug-likeness (QED) is 0.682. The van der Waals surface area contributed by atoms with Crippen molar-refractivity contribution in [1.29, 1.82) is 5.26 Å². The summed E-state index contributed by atoms with van der Waals surface area (Å²) in [5.41, 5.74) is 2.60. The molecule has 0 atom stereocenters. The molecule has 2 aromatic rings. The number of amidine groups is 1. The topological polar surface area (TPSA) is 71.3 Å². The lowest BCUT2D eigenvalue weighted by molar-refractivity contribution is 0.215. The average Bonchev–Trinajstić information content (AvgIpc) is 3.03. The van der Waals surface area contributed by atoms with Gasteiger partial charge in [0.1, 0.15) is 5.84 Å². The Bertz CT molecular complexity index is 729. The number of hydrogen-bond acceptors (Lipinski definition) is 4. The molecule has 1 saturated heterocycles. The minimum absolute atomic E-state index is 0.649. The molecule has 0 saturated carbocycles. The number of nitrogens with zero attached hydrogens (tertiary/aromatic N) is 5. The molecular weight excluding hydrogens is 288 g/mol. The van der Waals surface area contributed by atoms with E-state index >= 15 is 0 Å². The summed E-state index contributed by atoms with van der Waals surface area (Å²) in [5.74, 6) is 1.75. The molecule has 118 valence electrons. The van der Waals surface area contributed by atoms with Crippen molar-refractivity contribution in [1.82, 2.24) is 20.0 Å². The first-order valence-electron chi connectivity index (χ1n) is 7.70. The van der Waals surface area contributed by atoms with Crippen molar-refractivity contribution < 1.29 is 0 Å². The van der Waals surface area contributed by atoms with Gasteiger partial charge >= 0.3 is 0 Å². The number of aromatic amines is 1. The van der Waals surface area contributed by atoms with Gasteiger partial charge in [0.25, 0.3) is 0 Å². The molecule has 0 aliphatic carbocycles. The van der Waals surface area contributed by atoms with Gasteiger partial charge in [-0.05, 0) is 31.7 Å². The van der Waals surface area contributed by atoms with Crippen molar-refractivity contribution in [3.63, 3.8) is 0 Å². The zero-order chi connectivity index (χ0) is 16.2. The Balaban J connectivity index is 1.82. The van der Waals surface area contributed by atoms with Gasteiger partial charge in [0.2, 0.25) is 0 Å². The summed E-state index contributed by atoms with van der Waals surface area (Å²) in [5, 5.41) is 16.0. The van der Waals surface area contributed by atoms with Gasteiger partial charge in [-0.25, -0.2) is 4.99 Å². The van der Waals surface area contributed by atoms with E-state index in [-0.39, 0.29) is 0 Å². The number of nitrogens with one attached hydrogen (secondary N) is 1. The van der Waals surface area contributed by atoms with Gasteiger partial charge < -0.3 is 9.80 Å². The van der Waals surface area contributed by atoms with E-state index in [1.165, 1.54) is 0 Å². The van der Waals surface area contributed by atoms with E-state index in [9.17, 15) is 0 Å². The van der Waals surface area contributed by atoms with Crippen LogP contribution >= 0.6 is 0 Å². The Labute approximate surface area is 136 Å². The highest BCUT2D eigenvalue weighted by Gasteiger charge is 2.15. The first-order valence-corrected chi connectivity index (χ1v) is 7.70. The molecule has 3 rings (SSSR count). The van der Waals surface area contributed by atoms with Gasteiger partial charge in [0.15, 0.2) is 5.82 Å². The van der Waals surface area contributed by atoms with Crippen LogP contribution in [0.3, 0.4) is 0 Å². The number of H-pyrrole nitrogens is 1. The predicted octanol–water partition coefficient (Wildman–Crippen LogP) is 2.25. The van der Waals surface area contributed by atoms with Crippen LogP contribution in [0.5, 0.6) is 0 Å². The third kappa shape index (κ3) is 3.41. The molecule has 1 aliphatic heterocycles. The zero-order valence-electron chi connectivity index (χ0n) is 13.5. The number of aromatic nitrogens is 2. The lowest BCUT2D eigenvalue weighted by Gasteiger charge is -2.33. The molecule has 1 aliphatic rings. The van der Waals surface area contributed by atoms with E-state index in [0.29, 0.717) is 5.56 Å². The third-order valence-corrected chi connectivity index (χ3v) is 4.18. The van der Waals surface area contributed by atoms with E-state index < -0.39 is 0 Å². The highest BCUT2D eigenvalue weighted by molar-refractivity contribution is 5.85. The normalized spacial score (nSPS) is 16.4. The third-order valence-electron chi connectivity index (χ3n) is 4.18. The molecule has 6 nitrogen and oxygen atoms in total. The van der Waals surface area contributed by atoms with Crippen molar-refractivity contribution in [2.24, 2.45) is 4.99 Å². The maximum atomic E-state index is 8.90. The van der Waals surface area contributed by atoms with E-state index in [4.69, 9.17) is 10.3 Å². The molecule has 23 heavy (non-hydrogen) atoms. The van der Waals surface area contributed by atoms with Crippen LogP contribution in [0.1, 0.15) is 12.5 Å². The van der Waals surface area contributed by atoms with Crippen LogP contribution < -0.4 is 0 Å². The fraction of sp³-hybridized carbons (Fsp3) is 0.353. The molecule has 2 heterocycles. The fourth-order valence-electron chi connectivity index (χ4n) is 2.66. The molecule has 6 heteroatoms. The van der Waals surface area contributed by atoms with Crippen LogP contribution in [-0.2, 0) is 0 Å². The van der Waals surface area contributed by atoms with Crippen molar-refractivity contribution in [3.05, 3.63) is 36.0 Å². The van der Waals surface area contributed by atoms with Crippen LogP contribution in [0.4, 0.5) is 5.82 Å². The van der Waals surface area contributed by atoms with E-state index in [0.717, 1.165) is 49.0 Å². The minimum atomic E-state index is 0.649. The standard InChI is InChI=1S/C17H20N6/c1-13(23-9-7-22(2)8-10-23)20-17-16(12-19-21-17)15-5-3-14(11-18)4-6-15/h3-6,12H,7-10H2,1-2H3,(H,19,21)/b20-13+. The van der Waals surface area contributed by atoms with E-state index in [2.05, 4.69) is 33.1 Å². The van der Waals surface area contributed by atoms with Crippen molar-refractivity contribution in [3.8, 4) is 17.2 Å². The zero-order valence-corrected chi connectivity index (χ0v) is 13.5. The number of aliphatic imine (C=N–C) groups is 1. The van der Waals surface area contributed by atoms with Crippen LogP contribution in [-0.4, -0.2) is 59.1 Å². The Morgan fingerprint density at radius 2 is 1.91 bits per heavy atom. The number of likely N-dealkylation sites (N-methyl/N-ethyl adjacent to an activating group) is 1. The molecule has 0 unspecified atom stereocenters. The smallest absolute Gasteiger partial charge is 0.157 e. The predicted molar refractivity (Wildman–Crippen MR) is 90.6 cm³/mol. The van der Waals surface area contributed by atoms with Crippen LogP contribution in [0.25, 0.3) is 11.1 Å². The summed E-state index contributed by atoms with van der Waals surface area (Å²) in [7, 11) is 2.14. The van der Waals surface area contributed by atoms with Crippen molar-refractivity contribution in [2.75, 3.05) is 33.2 Å². The number of piperazine rings is 1. The first-order chi connectivity index (χ1) is 11.2. The summed E-state index contributed by atoms with van der Waals surface area (Å²) in [4.78, 5) is 9.34. The van der Waals surface area contributed by atoms with Gasteiger partial charge in [-0.2, -0.15) is 10.4 Å². The molecule has 0 spiro atoms. The molecule has 1 fully saturated rings.